The maximum absolute atomic E-state index is 13.6. The molecule has 0 radical (unpaired) electrons. The minimum atomic E-state index is -0.379. The van der Waals surface area contributed by atoms with E-state index >= 15 is 0 Å². The number of hydrogen-bond donors (Lipinski definition) is 1. The molecule has 0 spiro atoms. The van der Waals surface area contributed by atoms with Gasteiger partial charge >= 0.3 is 0 Å². The molecule has 1 atom stereocenters. The van der Waals surface area contributed by atoms with Crippen molar-refractivity contribution in [2.45, 2.75) is 26.8 Å². The highest BCUT2D eigenvalue weighted by Gasteiger charge is 2.13. The number of benzene rings is 2. The molecule has 2 aromatic carbocycles. The topological polar surface area (TPSA) is 35.2 Å². The van der Waals surface area contributed by atoms with E-state index in [-0.39, 0.29) is 17.7 Å². The molecule has 4 heteroatoms. The molecule has 0 saturated carbocycles. The van der Waals surface area contributed by atoms with Crippen LogP contribution >= 0.6 is 0 Å². The molecule has 0 amide bonds. The van der Waals surface area contributed by atoms with Crippen molar-refractivity contribution in [3.05, 3.63) is 58.7 Å². The van der Waals surface area contributed by atoms with Crippen LogP contribution in [0.2, 0.25) is 0 Å². The molecule has 2 aromatic rings. The van der Waals surface area contributed by atoms with Gasteiger partial charge in [-0.2, -0.15) is 0 Å². The number of nitrogens with two attached hydrogens (primary N) is 1. The van der Waals surface area contributed by atoms with Crippen molar-refractivity contribution in [1.29, 1.82) is 0 Å². The summed E-state index contributed by atoms with van der Waals surface area (Å²) in [7, 11) is 0. The third kappa shape index (κ3) is 2.96. The van der Waals surface area contributed by atoms with Crippen LogP contribution < -0.4 is 10.5 Å². The van der Waals surface area contributed by atoms with E-state index in [1.165, 1.54) is 12.1 Å². The molecule has 0 bridgehead atoms. The summed E-state index contributed by atoms with van der Waals surface area (Å²) in [5, 5.41) is 0. The number of halogens is 2. The highest BCUT2D eigenvalue weighted by molar-refractivity contribution is 5.43. The van der Waals surface area contributed by atoms with Gasteiger partial charge in [0.05, 0.1) is 0 Å². The highest BCUT2D eigenvalue weighted by Crippen LogP contribution is 2.31. The van der Waals surface area contributed by atoms with Gasteiger partial charge in [0, 0.05) is 17.7 Å². The summed E-state index contributed by atoms with van der Waals surface area (Å²) in [6.07, 6.45) is 0. The molecule has 2 rings (SSSR count). The first-order chi connectivity index (χ1) is 9.38. The van der Waals surface area contributed by atoms with E-state index in [4.69, 9.17) is 10.5 Å². The normalized spacial score (nSPS) is 12.3. The fourth-order valence-corrected chi connectivity index (χ4v) is 1.88. The second-order valence-corrected chi connectivity index (χ2v) is 4.94. The molecule has 106 valence electrons. The van der Waals surface area contributed by atoms with E-state index in [1.807, 2.05) is 0 Å². The first-order valence-electron chi connectivity index (χ1n) is 6.38. The average Bonchev–Trinajstić information content (AvgIpc) is 2.37. The van der Waals surface area contributed by atoms with Crippen LogP contribution in [-0.2, 0) is 0 Å². The number of rotatable bonds is 3. The lowest BCUT2D eigenvalue weighted by Gasteiger charge is -2.15. The SMILES string of the molecule is Cc1ccc(Oc2cc(C)c(F)cc2[C@@H](C)N)cc1F. The molecule has 0 aliphatic carbocycles. The van der Waals surface area contributed by atoms with E-state index in [0.717, 1.165) is 0 Å². The smallest absolute Gasteiger partial charge is 0.132 e. The van der Waals surface area contributed by atoms with Crippen molar-refractivity contribution in [1.82, 2.24) is 0 Å². The van der Waals surface area contributed by atoms with Crippen molar-refractivity contribution in [3.8, 4) is 11.5 Å². The lowest BCUT2D eigenvalue weighted by atomic mass is 10.0. The van der Waals surface area contributed by atoms with Crippen LogP contribution in [0.25, 0.3) is 0 Å². The molecule has 0 saturated heterocycles. The Balaban J connectivity index is 2.41. The minimum absolute atomic E-state index is 0.334. The molecule has 0 fully saturated rings. The van der Waals surface area contributed by atoms with Gasteiger partial charge in [-0.1, -0.05) is 6.07 Å². The third-order valence-corrected chi connectivity index (χ3v) is 3.15. The van der Waals surface area contributed by atoms with Crippen molar-refractivity contribution < 1.29 is 13.5 Å². The first-order valence-corrected chi connectivity index (χ1v) is 6.38. The van der Waals surface area contributed by atoms with Gasteiger partial charge in [-0.05, 0) is 50.1 Å². The zero-order valence-electron chi connectivity index (χ0n) is 11.7. The van der Waals surface area contributed by atoms with Gasteiger partial charge in [-0.15, -0.1) is 0 Å². The molecule has 2 N–H and O–H groups in total. The van der Waals surface area contributed by atoms with Crippen LogP contribution in [0.4, 0.5) is 8.78 Å². The minimum Gasteiger partial charge on any atom is -0.457 e. The molecule has 20 heavy (non-hydrogen) atoms. The van der Waals surface area contributed by atoms with Gasteiger partial charge in [-0.25, -0.2) is 8.78 Å². The van der Waals surface area contributed by atoms with Crippen LogP contribution in [0.1, 0.15) is 29.7 Å². The quantitative estimate of drug-likeness (QED) is 0.902. The molecule has 2 nitrogen and oxygen atoms in total. The van der Waals surface area contributed by atoms with Gasteiger partial charge in [0.1, 0.15) is 23.1 Å². The largest absolute Gasteiger partial charge is 0.457 e. The second kappa shape index (κ2) is 5.59. The van der Waals surface area contributed by atoms with Gasteiger partial charge in [0.15, 0.2) is 0 Å². The van der Waals surface area contributed by atoms with E-state index in [2.05, 4.69) is 0 Å². The first kappa shape index (κ1) is 14.5. The monoisotopic (exact) mass is 277 g/mol. The Kier molecular flexibility index (Phi) is 4.04. The zero-order chi connectivity index (χ0) is 14.9. The van der Waals surface area contributed by atoms with Gasteiger partial charge in [0.25, 0.3) is 0 Å². The average molecular weight is 277 g/mol. The van der Waals surface area contributed by atoms with Crippen LogP contribution in [-0.4, -0.2) is 0 Å². The van der Waals surface area contributed by atoms with E-state index in [9.17, 15) is 8.78 Å². The van der Waals surface area contributed by atoms with E-state index < -0.39 is 0 Å². The summed E-state index contributed by atoms with van der Waals surface area (Å²) in [5.41, 5.74) is 7.37. The van der Waals surface area contributed by atoms with Gasteiger partial charge in [-0.3, -0.25) is 0 Å². The van der Waals surface area contributed by atoms with Crippen LogP contribution in [0.3, 0.4) is 0 Å². The Morgan fingerprint density at radius 2 is 1.65 bits per heavy atom. The fraction of sp³-hybridized carbons (Fsp3) is 0.250. The van der Waals surface area contributed by atoms with Crippen LogP contribution in [0.15, 0.2) is 30.3 Å². The Morgan fingerprint density at radius 1 is 1.00 bits per heavy atom. The molecule has 0 heterocycles. The van der Waals surface area contributed by atoms with Crippen molar-refractivity contribution in [2.75, 3.05) is 0 Å². The molecule has 0 aromatic heterocycles. The fourth-order valence-electron chi connectivity index (χ4n) is 1.88. The number of hydrogen-bond acceptors (Lipinski definition) is 2. The third-order valence-electron chi connectivity index (χ3n) is 3.15. The lowest BCUT2D eigenvalue weighted by molar-refractivity contribution is 0.463. The summed E-state index contributed by atoms with van der Waals surface area (Å²) in [6.45, 7) is 5.06. The lowest BCUT2D eigenvalue weighted by Crippen LogP contribution is -2.08. The predicted octanol–water partition coefficient (Wildman–Crippen LogP) is 4.39. The second-order valence-electron chi connectivity index (χ2n) is 4.94. The Bertz CT molecular complexity index is 639. The highest BCUT2D eigenvalue weighted by atomic mass is 19.1. The predicted molar refractivity (Wildman–Crippen MR) is 75.0 cm³/mol. The van der Waals surface area contributed by atoms with E-state index in [1.54, 1.807) is 39.0 Å². The summed E-state index contributed by atoms with van der Waals surface area (Å²) in [4.78, 5) is 0. The Hall–Kier alpha value is -1.94. The van der Waals surface area contributed by atoms with Crippen molar-refractivity contribution >= 4 is 0 Å². The summed E-state index contributed by atoms with van der Waals surface area (Å²) >= 11 is 0. The molecule has 0 unspecified atom stereocenters. The molecule has 0 aliphatic heterocycles. The maximum atomic E-state index is 13.6. The maximum Gasteiger partial charge on any atom is 0.132 e. The van der Waals surface area contributed by atoms with Gasteiger partial charge in [0.2, 0.25) is 0 Å². The van der Waals surface area contributed by atoms with Gasteiger partial charge < -0.3 is 10.5 Å². The zero-order valence-corrected chi connectivity index (χ0v) is 11.7. The Labute approximate surface area is 117 Å². The summed E-state index contributed by atoms with van der Waals surface area (Å²) < 4.78 is 32.8. The summed E-state index contributed by atoms with van der Waals surface area (Å²) in [6, 6.07) is 7.16. The number of aryl methyl sites for hydroxylation is 2. The Morgan fingerprint density at radius 3 is 2.25 bits per heavy atom. The number of ether oxygens (including phenoxy) is 1. The molecular weight excluding hydrogens is 260 g/mol. The van der Waals surface area contributed by atoms with E-state index in [0.29, 0.717) is 28.2 Å². The van der Waals surface area contributed by atoms with Crippen molar-refractivity contribution in [2.24, 2.45) is 5.73 Å². The van der Waals surface area contributed by atoms with Crippen LogP contribution in [0, 0.1) is 25.5 Å². The molecular formula is C16H17F2NO. The standard InChI is InChI=1S/C16H17F2NO/c1-9-4-5-12(7-14(9)17)20-16-6-10(2)15(18)8-13(16)11(3)19/h4-8,11H,19H2,1-3H3/t11-/m1/s1. The van der Waals surface area contributed by atoms with Crippen molar-refractivity contribution in [3.63, 3.8) is 0 Å². The van der Waals surface area contributed by atoms with Crippen LogP contribution in [0.5, 0.6) is 11.5 Å². The summed E-state index contributed by atoms with van der Waals surface area (Å²) in [5.74, 6) is 0.131. The molecule has 0 aliphatic rings.